The minimum Gasteiger partial charge on any atom is -0.263 e. The lowest BCUT2D eigenvalue weighted by molar-refractivity contribution is 0.1000. The molecule has 0 aliphatic rings. The van der Waals surface area contributed by atoms with Crippen molar-refractivity contribution in [2.24, 2.45) is 5.18 Å². The third-order valence-electron chi connectivity index (χ3n) is 1.19. The van der Waals surface area contributed by atoms with Crippen LogP contribution in [0.2, 0.25) is 0 Å². The summed E-state index contributed by atoms with van der Waals surface area (Å²) >= 11 is 3.12. The second-order valence-corrected chi connectivity index (χ2v) is 2.73. The summed E-state index contributed by atoms with van der Waals surface area (Å²) in [7, 11) is 0. The average Bonchev–Trinajstić information content (AvgIpc) is 2.04. The number of rotatable bonds is 1. The highest BCUT2D eigenvalue weighted by Crippen LogP contribution is 2.16. The molecule has 0 fully saturated rings. The smallest absolute Gasteiger partial charge is 0.263 e. The van der Waals surface area contributed by atoms with Crippen molar-refractivity contribution in [3.8, 4) is 0 Å². The minimum atomic E-state index is -0.752. The summed E-state index contributed by atoms with van der Waals surface area (Å²) in [5, 5.41) is 2.30. The van der Waals surface area contributed by atoms with Crippen LogP contribution in [0.3, 0.4) is 0 Å². The number of nitroso groups, excluding NO2 is 1. The molecule has 0 N–H and O–H groups in total. The molecule has 0 heterocycles. The Bertz CT molecular complexity index is 298. The zero-order valence-electron chi connectivity index (χ0n) is 5.45. The summed E-state index contributed by atoms with van der Waals surface area (Å²) in [6.07, 6.45) is 0. The fraction of sp³-hybridized carbons (Fsp3) is 0. The predicted octanol–water partition coefficient (Wildman–Crippen LogP) is 2.36. The zero-order valence-corrected chi connectivity index (χ0v) is 7.04. The molecule has 3 nitrogen and oxygen atoms in total. The molecule has 1 aromatic carbocycles. The van der Waals surface area contributed by atoms with Gasteiger partial charge in [-0.3, -0.25) is 4.79 Å². The van der Waals surface area contributed by atoms with Gasteiger partial charge in [0.2, 0.25) is 0 Å². The minimum absolute atomic E-state index is 0.294. The molecule has 0 bridgehead atoms. The number of amides is 1. The van der Waals surface area contributed by atoms with E-state index in [9.17, 15) is 9.70 Å². The van der Waals surface area contributed by atoms with Crippen LogP contribution in [-0.4, -0.2) is 5.91 Å². The molecule has 56 valence electrons. The quantitative estimate of drug-likeness (QED) is 0.673. The maximum Gasteiger partial charge on any atom is 0.317 e. The van der Waals surface area contributed by atoms with Crippen molar-refractivity contribution < 1.29 is 4.79 Å². The molecular weight excluding hydrogens is 210 g/mol. The topological polar surface area (TPSA) is 46.5 Å². The van der Waals surface area contributed by atoms with Crippen LogP contribution in [0.25, 0.3) is 0 Å². The van der Waals surface area contributed by atoms with Gasteiger partial charge >= 0.3 is 5.91 Å². The van der Waals surface area contributed by atoms with Gasteiger partial charge in [0.25, 0.3) is 0 Å². The lowest BCUT2D eigenvalue weighted by Gasteiger charge is -1.94. The van der Waals surface area contributed by atoms with Crippen LogP contribution in [0.15, 0.2) is 33.9 Å². The summed E-state index contributed by atoms with van der Waals surface area (Å²) in [5.41, 5.74) is 0.294. The van der Waals surface area contributed by atoms with E-state index in [-0.39, 0.29) is 0 Å². The van der Waals surface area contributed by atoms with Gasteiger partial charge in [-0.1, -0.05) is 12.1 Å². The Morgan fingerprint density at radius 1 is 1.36 bits per heavy atom. The van der Waals surface area contributed by atoms with Crippen molar-refractivity contribution in [2.45, 2.75) is 0 Å². The van der Waals surface area contributed by atoms with E-state index in [0.29, 0.717) is 10.0 Å². The van der Waals surface area contributed by atoms with Gasteiger partial charge in [-0.2, -0.15) is 0 Å². The molecule has 0 unspecified atom stereocenters. The van der Waals surface area contributed by atoms with E-state index < -0.39 is 5.91 Å². The molecule has 1 aromatic rings. The first-order valence-electron chi connectivity index (χ1n) is 2.88. The molecule has 1 amide bonds. The van der Waals surface area contributed by atoms with Crippen LogP contribution in [0.4, 0.5) is 0 Å². The second-order valence-electron chi connectivity index (χ2n) is 1.88. The van der Waals surface area contributed by atoms with E-state index in [1.165, 1.54) is 6.07 Å². The standard InChI is InChI=1S/C7H4BrNO2/c8-6-4-2-1-3-5(6)7(10)9-11/h1-4H. The van der Waals surface area contributed by atoms with Gasteiger partial charge in [-0.25, -0.2) is 0 Å². The molecule has 4 heteroatoms. The van der Waals surface area contributed by atoms with Gasteiger partial charge in [0, 0.05) is 9.65 Å². The Kier molecular flexibility index (Phi) is 2.48. The lowest BCUT2D eigenvalue weighted by Crippen LogP contribution is -1.93. The molecule has 0 aliphatic heterocycles. The van der Waals surface area contributed by atoms with Crippen LogP contribution in [0.1, 0.15) is 10.4 Å². The normalized spacial score (nSPS) is 9.18. The number of hydrogen-bond acceptors (Lipinski definition) is 2. The maximum absolute atomic E-state index is 10.7. The molecule has 11 heavy (non-hydrogen) atoms. The van der Waals surface area contributed by atoms with E-state index in [0.717, 1.165) is 0 Å². The van der Waals surface area contributed by atoms with Crippen LogP contribution in [0, 0.1) is 4.91 Å². The molecular formula is C7H4BrNO2. The Morgan fingerprint density at radius 2 is 2.00 bits per heavy atom. The largest absolute Gasteiger partial charge is 0.317 e. The fourth-order valence-electron chi connectivity index (χ4n) is 0.684. The molecule has 0 atom stereocenters. The third-order valence-corrected chi connectivity index (χ3v) is 1.88. The Hall–Kier alpha value is -1.03. The van der Waals surface area contributed by atoms with Crippen molar-refractivity contribution in [2.75, 3.05) is 0 Å². The monoisotopic (exact) mass is 213 g/mol. The number of halogens is 1. The zero-order chi connectivity index (χ0) is 8.27. The maximum atomic E-state index is 10.7. The molecule has 0 saturated carbocycles. The van der Waals surface area contributed by atoms with Gasteiger partial charge < -0.3 is 0 Å². The number of carbonyl (C=O) groups excluding carboxylic acids is 1. The van der Waals surface area contributed by atoms with Gasteiger partial charge in [0.15, 0.2) is 0 Å². The molecule has 0 radical (unpaired) electrons. The summed E-state index contributed by atoms with van der Waals surface area (Å²) < 4.78 is 0.588. The van der Waals surface area contributed by atoms with Crippen LogP contribution >= 0.6 is 15.9 Å². The van der Waals surface area contributed by atoms with Crippen molar-refractivity contribution in [3.63, 3.8) is 0 Å². The molecule has 0 aliphatic carbocycles. The van der Waals surface area contributed by atoms with Gasteiger partial charge in [-0.05, 0) is 28.1 Å². The van der Waals surface area contributed by atoms with Crippen molar-refractivity contribution in [3.05, 3.63) is 39.2 Å². The third kappa shape index (κ3) is 1.71. The van der Waals surface area contributed by atoms with E-state index >= 15 is 0 Å². The van der Waals surface area contributed by atoms with E-state index in [1.807, 2.05) is 0 Å². The molecule has 0 saturated heterocycles. The number of nitrogens with zero attached hydrogens (tertiary/aromatic N) is 1. The van der Waals surface area contributed by atoms with Crippen molar-refractivity contribution in [1.29, 1.82) is 0 Å². The van der Waals surface area contributed by atoms with Gasteiger partial charge in [0.1, 0.15) is 0 Å². The van der Waals surface area contributed by atoms with Crippen LogP contribution in [0.5, 0.6) is 0 Å². The summed E-state index contributed by atoms with van der Waals surface area (Å²) in [6, 6.07) is 6.64. The van der Waals surface area contributed by atoms with Crippen molar-refractivity contribution >= 4 is 21.8 Å². The van der Waals surface area contributed by atoms with E-state index in [2.05, 4.69) is 21.1 Å². The average molecular weight is 214 g/mol. The van der Waals surface area contributed by atoms with Gasteiger partial charge in [0.05, 0.1) is 5.56 Å². The highest BCUT2D eigenvalue weighted by atomic mass is 79.9. The number of carbonyl (C=O) groups is 1. The summed E-state index contributed by atoms with van der Waals surface area (Å²) in [4.78, 5) is 20.6. The summed E-state index contributed by atoms with van der Waals surface area (Å²) in [6.45, 7) is 0. The first-order chi connectivity index (χ1) is 5.25. The van der Waals surface area contributed by atoms with E-state index in [1.54, 1.807) is 18.2 Å². The number of benzene rings is 1. The molecule has 1 rings (SSSR count). The van der Waals surface area contributed by atoms with Crippen LogP contribution < -0.4 is 0 Å². The highest BCUT2D eigenvalue weighted by molar-refractivity contribution is 9.10. The summed E-state index contributed by atoms with van der Waals surface area (Å²) in [5.74, 6) is -0.752. The highest BCUT2D eigenvalue weighted by Gasteiger charge is 2.07. The lowest BCUT2D eigenvalue weighted by atomic mass is 10.2. The SMILES string of the molecule is O=NC(=O)c1ccccc1Br. The van der Waals surface area contributed by atoms with Crippen LogP contribution in [-0.2, 0) is 0 Å². The second kappa shape index (κ2) is 3.39. The molecule has 0 spiro atoms. The van der Waals surface area contributed by atoms with E-state index in [4.69, 9.17) is 0 Å². The fourth-order valence-corrected chi connectivity index (χ4v) is 1.14. The predicted molar refractivity (Wildman–Crippen MR) is 44.3 cm³/mol. The Balaban J connectivity index is 3.13. The Labute approximate surface area is 71.5 Å². The first kappa shape index (κ1) is 8.07. The van der Waals surface area contributed by atoms with Crippen molar-refractivity contribution in [1.82, 2.24) is 0 Å². The number of hydrogen-bond donors (Lipinski definition) is 0. The first-order valence-corrected chi connectivity index (χ1v) is 3.67. The van der Waals surface area contributed by atoms with Gasteiger partial charge in [-0.15, -0.1) is 4.91 Å². The Morgan fingerprint density at radius 3 is 2.55 bits per heavy atom. The molecule has 0 aromatic heterocycles.